The van der Waals surface area contributed by atoms with Gasteiger partial charge in [0.05, 0.1) is 47.9 Å². The molecular weight excluding hydrogens is 670 g/mol. The van der Waals surface area contributed by atoms with Crippen LogP contribution in [0, 0.1) is 5.92 Å². The quantitative estimate of drug-likeness (QED) is 0.116. The third kappa shape index (κ3) is 9.11. The molecule has 2 aliphatic heterocycles. The maximum atomic E-state index is 14.1. The van der Waals surface area contributed by atoms with Crippen LogP contribution in [-0.4, -0.2) is 84.2 Å². The highest BCUT2D eigenvalue weighted by molar-refractivity contribution is 6.62. The van der Waals surface area contributed by atoms with Gasteiger partial charge in [0.2, 0.25) is 5.91 Å². The smallest absolute Gasteiger partial charge is 0.481 e. The van der Waals surface area contributed by atoms with Gasteiger partial charge in [-0.3, -0.25) is 19.2 Å². The number of unbranched alkanes of at least 4 members (excludes halogenated alkanes) is 1. The summed E-state index contributed by atoms with van der Waals surface area (Å²) in [6.07, 6.45) is -8.97. The van der Waals surface area contributed by atoms with Gasteiger partial charge in [-0.25, -0.2) is 0 Å². The molecule has 0 aromatic heterocycles. The minimum atomic E-state index is -5.06. The molecule has 0 saturated heterocycles. The molecule has 20 heteroatoms. The van der Waals surface area contributed by atoms with E-state index >= 15 is 0 Å². The first-order valence-corrected chi connectivity index (χ1v) is 15.0. The molecule has 4 rings (SSSR count). The second-order valence-corrected chi connectivity index (χ2v) is 11.6. The molecule has 1 atom stereocenters. The number of carboxylic acids is 1. The van der Waals surface area contributed by atoms with E-state index in [4.69, 9.17) is 14.4 Å². The Bertz CT molecular complexity index is 1610. The second-order valence-electron chi connectivity index (χ2n) is 11.6. The summed E-state index contributed by atoms with van der Waals surface area (Å²) in [5, 5.41) is 33.6. The summed E-state index contributed by atoms with van der Waals surface area (Å²) in [4.78, 5) is 51.0. The van der Waals surface area contributed by atoms with E-state index < -0.39 is 98.1 Å². The SMILES string of the molecule is C[C@@H](CCCCNC(=O)CN(CCNC(=O)c1cc2c(cc1C(F)(F)F)COB2O)C(=O)c1cc2c(cc1C(F)(F)F)COB2O)C(=O)O. The summed E-state index contributed by atoms with van der Waals surface area (Å²) in [7, 11) is -3.20. The standard InChI is InChI=1S/C29H31B2F6N3O9/c1-15(27(44)45)4-2-3-5-38-24(41)12-40(26(43)19-11-23-17(14-49-31(23)47)9-21(19)29(35,36)37)7-6-39-25(42)18-10-22-16(13-48-30(22)46)8-20(18)28(32,33)34/h8-11,15,46-47H,2-7,12-14H2,1H3,(H,38,41)(H,39,42)(H,44,45)/t15-/m0/s1. The van der Waals surface area contributed by atoms with E-state index in [1.165, 1.54) is 6.92 Å². The van der Waals surface area contributed by atoms with E-state index in [2.05, 4.69) is 10.6 Å². The number of carbonyl (C=O) groups excluding carboxylic acids is 3. The van der Waals surface area contributed by atoms with Gasteiger partial charge >= 0.3 is 32.6 Å². The lowest BCUT2D eigenvalue weighted by molar-refractivity contribution is -0.141. The maximum absolute atomic E-state index is 14.1. The summed E-state index contributed by atoms with van der Waals surface area (Å²) in [6.45, 7) is -1.22. The largest absolute Gasteiger partial charge is 0.491 e. The second kappa shape index (κ2) is 15.2. The maximum Gasteiger partial charge on any atom is 0.491 e. The molecule has 2 aromatic carbocycles. The monoisotopic (exact) mass is 701 g/mol. The Morgan fingerprint density at radius 3 is 1.90 bits per heavy atom. The summed E-state index contributed by atoms with van der Waals surface area (Å²) in [5.41, 5.74) is -4.71. The molecule has 264 valence electrons. The molecule has 5 N–H and O–H groups in total. The molecule has 0 radical (unpaired) electrons. The van der Waals surface area contributed by atoms with Gasteiger partial charge in [-0.05, 0) is 59.2 Å². The van der Waals surface area contributed by atoms with Crippen molar-refractivity contribution < 1.29 is 70.0 Å². The van der Waals surface area contributed by atoms with Crippen molar-refractivity contribution in [3.63, 3.8) is 0 Å². The first-order chi connectivity index (χ1) is 22.9. The van der Waals surface area contributed by atoms with E-state index in [-0.39, 0.29) is 41.8 Å². The van der Waals surface area contributed by atoms with Crippen molar-refractivity contribution in [3.8, 4) is 0 Å². The summed E-state index contributed by atoms with van der Waals surface area (Å²) < 4.78 is 93.6. The fourth-order valence-electron chi connectivity index (χ4n) is 5.36. The number of alkyl halides is 6. The highest BCUT2D eigenvalue weighted by Crippen LogP contribution is 2.35. The van der Waals surface area contributed by atoms with Crippen LogP contribution >= 0.6 is 0 Å². The number of fused-ring (bicyclic) bond motifs is 2. The molecule has 0 saturated carbocycles. The molecule has 0 spiro atoms. The molecule has 0 unspecified atom stereocenters. The third-order valence-corrected chi connectivity index (χ3v) is 8.07. The summed E-state index contributed by atoms with van der Waals surface area (Å²) in [6, 6.07) is 2.90. The zero-order valence-electron chi connectivity index (χ0n) is 25.9. The van der Waals surface area contributed by atoms with E-state index in [0.717, 1.165) is 12.1 Å². The number of hydrogen-bond acceptors (Lipinski definition) is 8. The zero-order chi connectivity index (χ0) is 36.3. The van der Waals surface area contributed by atoms with Crippen molar-refractivity contribution in [1.82, 2.24) is 15.5 Å². The fourth-order valence-corrected chi connectivity index (χ4v) is 5.36. The summed E-state index contributed by atoms with van der Waals surface area (Å²) in [5.74, 6) is -5.05. The van der Waals surface area contributed by atoms with Crippen LogP contribution in [0.3, 0.4) is 0 Å². The number of carboxylic acid groups (broad SMARTS) is 1. The number of benzene rings is 2. The number of hydrogen-bond donors (Lipinski definition) is 5. The lowest BCUT2D eigenvalue weighted by Gasteiger charge is -2.25. The van der Waals surface area contributed by atoms with Gasteiger partial charge in [0.15, 0.2) is 0 Å². The number of carbonyl (C=O) groups is 4. The fraction of sp³-hybridized carbons (Fsp3) is 0.448. The van der Waals surface area contributed by atoms with Crippen molar-refractivity contribution in [3.05, 3.63) is 57.6 Å². The van der Waals surface area contributed by atoms with Gasteiger partial charge in [-0.1, -0.05) is 13.3 Å². The number of nitrogens with zero attached hydrogens (tertiary/aromatic N) is 1. The average Bonchev–Trinajstić information content (AvgIpc) is 3.58. The van der Waals surface area contributed by atoms with Crippen molar-refractivity contribution in [2.75, 3.05) is 26.2 Å². The Kier molecular flexibility index (Phi) is 11.7. The highest BCUT2D eigenvalue weighted by Gasteiger charge is 2.41. The first-order valence-electron chi connectivity index (χ1n) is 15.0. The van der Waals surface area contributed by atoms with Gasteiger partial charge in [0.25, 0.3) is 11.8 Å². The number of rotatable bonds is 13. The van der Waals surface area contributed by atoms with Gasteiger partial charge in [-0.15, -0.1) is 0 Å². The van der Waals surface area contributed by atoms with E-state index in [1.54, 1.807) is 0 Å². The van der Waals surface area contributed by atoms with Crippen LogP contribution in [0.15, 0.2) is 24.3 Å². The van der Waals surface area contributed by atoms with Crippen molar-refractivity contribution in [2.24, 2.45) is 5.92 Å². The van der Waals surface area contributed by atoms with E-state index in [0.29, 0.717) is 36.3 Å². The third-order valence-electron chi connectivity index (χ3n) is 8.07. The van der Waals surface area contributed by atoms with Crippen LogP contribution in [-0.2, 0) is 44.5 Å². The van der Waals surface area contributed by atoms with Crippen LogP contribution in [0.4, 0.5) is 26.3 Å². The Morgan fingerprint density at radius 2 is 1.37 bits per heavy atom. The Labute approximate surface area is 276 Å². The van der Waals surface area contributed by atoms with Crippen LogP contribution in [0.1, 0.15) is 69.2 Å². The predicted molar refractivity (Wildman–Crippen MR) is 160 cm³/mol. The Morgan fingerprint density at radius 1 is 0.837 bits per heavy atom. The molecule has 2 heterocycles. The topological polar surface area (TPSA) is 175 Å². The molecule has 3 amide bonds. The normalized spacial score (nSPS) is 14.7. The van der Waals surface area contributed by atoms with Gasteiger partial charge in [-0.2, -0.15) is 26.3 Å². The van der Waals surface area contributed by atoms with E-state index in [9.17, 15) is 55.6 Å². The zero-order valence-corrected chi connectivity index (χ0v) is 25.9. The predicted octanol–water partition coefficient (Wildman–Crippen LogP) is 1.04. The van der Waals surface area contributed by atoms with Crippen molar-refractivity contribution >= 4 is 48.9 Å². The number of amides is 3. The molecule has 12 nitrogen and oxygen atoms in total. The molecule has 2 aliphatic rings. The number of halogens is 6. The van der Waals surface area contributed by atoms with Gasteiger partial charge in [0.1, 0.15) is 0 Å². The molecular formula is C29H31B2F6N3O9. The van der Waals surface area contributed by atoms with Gasteiger partial charge in [0, 0.05) is 19.6 Å². The summed E-state index contributed by atoms with van der Waals surface area (Å²) >= 11 is 0. The lowest BCUT2D eigenvalue weighted by Crippen LogP contribution is -2.45. The molecule has 49 heavy (non-hydrogen) atoms. The lowest BCUT2D eigenvalue weighted by atomic mass is 9.77. The highest BCUT2D eigenvalue weighted by atomic mass is 19.4. The van der Waals surface area contributed by atoms with Crippen LogP contribution < -0.4 is 21.6 Å². The van der Waals surface area contributed by atoms with E-state index in [1.807, 2.05) is 0 Å². The minimum absolute atomic E-state index is 0.0147. The Hall–Kier alpha value is -4.13. The average molecular weight is 701 g/mol. The number of nitrogens with one attached hydrogen (secondary N) is 2. The van der Waals surface area contributed by atoms with Crippen molar-refractivity contribution in [1.29, 1.82) is 0 Å². The first kappa shape index (κ1) is 37.7. The van der Waals surface area contributed by atoms with Crippen LogP contribution in [0.25, 0.3) is 0 Å². The molecule has 0 fully saturated rings. The number of aliphatic carboxylic acids is 1. The van der Waals surface area contributed by atoms with Gasteiger partial charge < -0.3 is 40.0 Å². The Balaban J connectivity index is 1.54. The van der Waals surface area contributed by atoms with Crippen LogP contribution in [0.5, 0.6) is 0 Å². The minimum Gasteiger partial charge on any atom is -0.481 e. The molecule has 0 aliphatic carbocycles. The van der Waals surface area contributed by atoms with Crippen LogP contribution in [0.2, 0.25) is 0 Å². The van der Waals surface area contributed by atoms with Crippen molar-refractivity contribution in [2.45, 2.75) is 51.8 Å². The molecule has 0 bridgehead atoms. The molecule has 2 aromatic rings.